The fourth-order valence-corrected chi connectivity index (χ4v) is 1.98. The highest BCUT2D eigenvalue weighted by Gasteiger charge is 2.11. The molecule has 0 heterocycles. The van der Waals surface area contributed by atoms with Crippen molar-refractivity contribution in [2.24, 2.45) is 0 Å². The summed E-state index contributed by atoms with van der Waals surface area (Å²) in [7, 11) is 1.60. The molecule has 0 aromatic heterocycles. The number of hydrogen-bond donors (Lipinski definition) is 0. The zero-order valence-corrected chi connectivity index (χ0v) is 10.9. The van der Waals surface area contributed by atoms with Crippen LogP contribution in [0, 0.1) is 5.82 Å². The molecule has 0 amide bonds. The van der Waals surface area contributed by atoms with Crippen LogP contribution in [0.25, 0.3) is 11.1 Å². The second-order valence-electron chi connectivity index (χ2n) is 4.59. The average molecular weight is 244 g/mol. The van der Waals surface area contributed by atoms with Crippen LogP contribution in [-0.2, 0) is 0 Å². The lowest BCUT2D eigenvalue weighted by Gasteiger charge is -2.11. The van der Waals surface area contributed by atoms with Gasteiger partial charge < -0.3 is 4.74 Å². The molecule has 0 fully saturated rings. The minimum Gasteiger partial charge on any atom is -0.496 e. The van der Waals surface area contributed by atoms with Crippen LogP contribution in [0.15, 0.2) is 42.5 Å². The average Bonchev–Trinajstić information content (AvgIpc) is 2.38. The van der Waals surface area contributed by atoms with Gasteiger partial charge in [-0.1, -0.05) is 44.2 Å². The lowest BCUT2D eigenvalue weighted by atomic mass is 9.97. The van der Waals surface area contributed by atoms with Gasteiger partial charge in [0.15, 0.2) is 0 Å². The van der Waals surface area contributed by atoms with E-state index in [9.17, 15) is 4.39 Å². The summed E-state index contributed by atoms with van der Waals surface area (Å²) in [6.45, 7) is 4.11. The van der Waals surface area contributed by atoms with Crippen molar-refractivity contribution in [2.45, 2.75) is 19.8 Å². The van der Waals surface area contributed by atoms with Gasteiger partial charge in [0.05, 0.1) is 7.11 Å². The van der Waals surface area contributed by atoms with Gasteiger partial charge in [-0.15, -0.1) is 0 Å². The molecule has 0 bridgehead atoms. The molecule has 0 radical (unpaired) electrons. The fourth-order valence-electron chi connectivity index (χ4n) is 1.98. The van der Waals surface area contributed by atoms with Gasteiger partial charge in [0, 0.05) is 11.1 Å². The van der Waals surface area contributed by atoms with E-state index in [-0.39, 0.29) is 5.82 Å². The monoisotopic (exact) mass is 244 g/mol. The number of methoxy groups -OCH3 is 1. The first-order chi connectivity index (χ1) is 8.63. The van der Waals surface area contributed by atoms with Gasteiger partial charge in [-0.25, -0.2) is 4.39 Å². The Bertz CT molecular complexity index is 547. The molecule has 2 aromatic carbocycles. The summed E-state index contributed by atoms with van der Waals surface area (Å²) in [5.74, 6) is 0.811. The van der Waals surface area contributed by atoms with Gasteiger partial charge >= 0.3 is 0 Å². The summed E-state index contributed by atoms with van der Waals surface area (Å²) in [6.07, 6.45) is 0. The fraction of sp³-hybridized carbons (Fsp3) is 0.250. The van der Waals surface area contributed by atoms with E-state index in [4.69, 9.17) is 4.74 Å². The molecule has 0 aliphatic rings. The number of benzene rings is 2. The topological polar surface area (TPSA) is 9.23 Å². The number of halogens is 1. The smallest absolute Gasteiger partial charge is 0.131 e. The van der Waals surface area contributed by atoms with E-state index in [0.717, 1.165) is 11.1 Å². The Morgan fingerprint density at radius 3 is 2.33 bits per heavy atom. The Kier molecular flexibility index (Phi) is 3.66. The third-order valence-electron chi connectivity index (χ3n) is 3.06. The van der Waals surface area contributed by atoms with Gasteiger partial charge in [0.25, 0.3) is 0 Å². The zero-order valence-electron chi connectivity index (χ0n) is 10.9. The quantitative estimate of drug-likeness (QED) is 0.765. The van der Waals surface area contributed by atoms with Gasteiger partial charge in [-0.3, -0.25) is 0 Å². The Hall–Kier alpha value is -1.83. The first kappa shape index (κ1) is 12.6. The van der Waals surface area contributed by atoms with Crippen LogP contribution in [0.1, 0.15) is 25.3 Å². The van der Waals surface area contributed by atoms with Gasteiger partial charge in [-0.05, 0) is 23.6 Å². The highest BCUT2D eigenvalue weighted by molar-refractivity contribution is 5.71. The van der Waals surface area contributed by atoms with Crippen molar-refractivity contribution in [2.75, 3.05) is 7.11 Å². The number of rotatable bonds is 3. The summed E-state index contributed by atoms with van der Waals surface area (Å²) >= 11 is 0. The van der Waals surface area contributed by atoms with Crippen LogP contribution >= 0.6 is 0 Å². The van der Waals surface area contributed by atoms with Gasteiger partial charge in [0.1, 0.15) is 11.6 Å². The van der Waals surface area contributed by atoms with E-state index in [0.29, 0.717) is 17.2 Å². The second-order valence-corrected chi connectivity index (χ2v) is 4.59. The lowest BCUT2D eigenvalue weighted by Crippen LogP contribution is -1.93. The van der Waals surface area contributed by atoms with Crippen molar-refractivity contribution in [3.63, 3.8) is 0 Å². The third kappa shape index (κ3) is 2.37. The van der Waals surface area contributed by atoms with E-state index in [2.05, 4.69) is 13.8 Å². The molecule has 0 saturated carbocycles. The van der Waals surface area contributed by atoms with Crippen molar-refractivity contribution >= 4 is 0 Å². The summed E-state index contributed by atoms with van der Waals surface area (Å²) < 4.78 is 19.4. The summed E-state index contributed by atoms with van der Waals surface area (Å²) in [5.41, 5.74) is 2.37. The molecular weight excluding hydrogens is 227 g/mol. The van der Waals surface area contributed by atoms with Gasteiger partial charge in [-0.2, -0.15) is 0 Å². The Morgan fingerprint density at radius 2 is 1.72 bits per heavy atom. The molecule has 94 valence electrons. The first-order valence-electron chi connectivity index (χ1n) is 6.06. The highest BCUT2D eigenvalue weighted by Crippen LogP contribution is 2.32. The number of para-hydroxylation sites is 1. The standard InChI is InChI=1S/C16H17FO/c1-11(2)12-8-9-13(15(17)10-12)14-6-4-5-7-16(14)18-3/h4-11H,1-3H3. The maximum atomic E-state index is 14.2. The Morgan fingerprint density at radius 1 is 1.00 bits per heavy atom. The molecule has 0 atom stereocenters. The van der Waals surface area contributed by atoms with Crippen molar-refractivity contribution < 1.29 is 9.13 Å². The maximum Gasteiger partial charge on any atom is 0.131 e. The lowest BCUT2D eigenvalue weighted by molar-refractivity contribution is 0.416. The van der Waals surface area contributed by atoms with E-state index in [1.807, 2.05) is 36.4 Å². The summed E-state index contributed by atoms with van der Waals surface area (Å²) in [4.78, 5) is 0. The number of hydrogen-bond acceptors (Lipinski definition) is 1. The summed E-state index contributed by atoms with van der Waals surface area (Å²) in [5, 5.41) is 0. The maximum absolute atomic E-state index is 14.2. The molecule has 2 rings (SSSR count). The van der Waals surface area contributed by atoms with E-state index >= 15 is 0 Å². The molecule has 0 aliphatic carbocycles. The number of ether oxygens (including phenoxy) is 1. The van der Waals surface area contributed by atoms with Crippen molar-refractivity contribution in [1.29, 1.82) is 0 Å². The third-order valence-corrected chi connectivity index (χ3v) is 3.06. The molecule has 0 N–H and O–H groups in total. The second kappa shape index (κ2) is 5.21. The molecule has 0 saturated heterocycles. The molecule has 0 aliphatic heterocycles. The van der Waals surface area contributed by atoms with Gasteiger partial charge in [0.2, 0.25) is 0 Å². The molecule has 0 spiro atoms. The Labute approximate surface area is 107 Å². The largest absolute Gasteiger partial charge is 0.496 e. The first-order valence-corrected chi connectivity index (χ1v) is 6.06. The van der Waals surface area contributed by atoms with E-state index in [1.54, 1.807) is 13.2 Å². The predicted octanol–water partition coefficient (Wildman–Crippen LogP) is 4.62. The summed E-state index contributed by atoms with van der Waals surface area (Å²) in [6, 6.07) is 12.9. The van der Waals surface area contributed by atoms with Crippen LogP contribution in [-0.4, -0.2) is 7.11 Å². The van der Waals surface area contributed by atoms with E-state index < -0.39 is 0 Å². The Balaban J connectivity index is 2.51. The molecule has 18 heavy (non-hydrogen) atoms. The molecule has 2 aromatic rings. The molecule has 1 nitrogen and oxygen atoms in total. The van der Waals surface area contributed by atoms with Crippen LogP contribution in [0.3, 0.4) is 0 Å². The van der Waals surface area contributed by atoms with Crippen LogP contribution in [0.5, 0.6) is 5.75 Å². The molecular formula is C16H17FO. The molecule has 0 unspecified atom stereocenters. The SMILES string of the molecule is COc1ccccc1-c1ccc(C(C)C)cc1F. The van der Waals surface area contributed by atoms with Crippen molar-refractivity contribution in [3.05, 3.63) is 53.8 Å². The van der Waals surface area contributed by atoms with Crippen LogP contribution in [0.4, 0.5) is 4.39 Å². The molecule has 2 heteroatoms. The van der Waals surface area contributed by atoms with E-state index in [1.165, 1.54) is 0 Å². The predicted molar refractivity (Wildman–Crippen MR) is 72.5 cm³/mol. The van der Waals surface area contributed by atoms with Crippen molar-refractivity contribution in [1.82, 2.24) is 0 Å². The zero-order chi connectivity index (χ0) is 13.1. The minimum atomic E-state index is -0.203. The van der Waals surface area contributed by atoms with Crippen LogP contribution < -0.4 is 4.74 Å². The highest BCUT2D eigenvalue weighted by atomic mass is 19.1. The minimum absolute atomic E-state index is 0.203. The van der Waals surface area contributed by atoms with Crippen LogP contribution in [0.2, 0.25) is 0 Å². The van der Waals surface area contributed by atoms with Crippen molar-refractivity contribution in [3.8, 4) is 16.9 Å². The normalized spacial score (nSPS) is 10.7.